The van der Waals surface area contributed by atoms with Crippen molar-refractivity contribution in [1.82, 2.24) is 0 Å². The number of rotatable bonds is 12. The van der Waals surface area contributed by atoms with Crippen LogP contribution in [-0.2, 0) is 9.53 Å². The molecule has 3 aromatic rings. The lowest BCUT2D eigenvalue weighted by atomic mass is 10.0. The number of unbranched alkanes of at least 4 members (excludes halogenated alkanes) is 1. The van der Waals surface area contributed by atoms with E-state index in [9.17, 15) is 9.59 Å². The van der Waals surface area contributed by atoms with Gasteiger partial charge in [0.15, 0.2) is 0 Å². The van der Waals surface area contributed by atoms with Crippen LogP contribution in [0.2, 0.25) is 0 Å². The maximum absolute atomic E-state index is 12.5. The van der Waals surface area contributed by atoms with Gasteiger partial charge in [-0.3, -0.25) is 10.1 Å². The van der Waals surface area contributed by atoms with Crippen LogP contribution in [0.1, 0.15) is 30.9 Å². The van der Waals surface area contributed by atoms with E-state index in [4.69, 9.17) is 20.3 Å². The smallest absolute Gasteiger partial charge is 0.412 e. The van der Waals surface area contributed by atoms with Gasteiger partial charge in [0.05, 0.1) is 18.0 Å². The maximum atomic E-state index is 12.5. The highest BCUT2D eigenvalue weighted by Gasteiger charge is 2.17. The summed E-state index contributed by atoms with van der Waals surface area (Å²) in [5.41, 5.74) is 8.37. The fraction of sp³-hybridized carbons (Fsp3) is 0.214. The first kappa shape index (κ1) is 26.3. The molecular formula is C28H31N3O5. The van der Waals surface area contributed by atoms with Crippen LogP contribution < -0.4 is 21.1 Å². The standard InChI is InChI=1S/C28H31N3O5/c29-24-11-7-8-12-25(24)31-27(33)14-6-2-5-13-26(21-15-17-23(18-16-21)35-20-19-32)36-28(34)30-22-9-3-1-4-10-22/h1,3-4,6-12,14-18,26,32H,2,5,13,19-20,29H2,(H,30,34)(H,31,33)/b14-6+/t26-/m1/s1. The lowest BCUT2D eigenvalue weighted by Crippen LogP contribution is -2.17. The number of carbonyl (C=O) groups excluding carboxylic acids is 2. The minimum Gasteiger partial charge on any atom is -0.491 e. The third kappa shape index (κ3) is 8.81. The molecule has 1 atom stereocenters. The highest BCUT2D eigenvalue weighted by Crippen LogP contribution is 2.26. The van der Waals surface area contributed by atoms with Crippen molar-refractivity contribution in [2.75, 3.05) is 29.6 Å². The van der Waals surface area contributed by atoms with E-state index in [1.165, 1.54) is 6.08 Å². The van der Waals surface area contributed by atoms with Gasteiger partial charge in [-0.25, -0.2) is 4.79 Å². The van der Waals surface area contributed by atoms with Crippen LogP contribution in [0.25, 0.3) is 0 Å². The van der Waals surface area contributed by atoms with Crippen LogP contribution >= 0.6 is 0 Å². The van der Waals surface area contributed by atoms with Gasteiger partial charge in [0.25, 0.3) is 0 Å². The number of aliphatic hydroxyl groups excluding tert-OH is 1. The topological polar surface area (TPSA) is 123 Å². The number of amides is 2. The fourth-order valence-corrected chi connectivity index (χ4v) is 3.43. The molecule has 3 aromatic carbocycles. The van der Waals surface area contributed by atoms with Gasteiger partial charge >= 0.3 is 6.09 Å². The molecule has 0 bridgehead atoms. The van der Waals surface area contributed by atoms with Crippen LogP contribution in [0.15, 0.2) is 91.0 Å². The second-order valence-electron chi connectivity index (χ2n) is 7.94. The number of ether oxygens (including phenoxy) is 2. The Hall–Kier alpha value is -4.30. The highest BCUT2D eigenvalue weighted by molar-refractivity contribution is 6.01. The molecule has 3 rings (SSSR count). The second-order valence-corrected chi connectivity index (χ2v) is 7.94. The molecule has 5 N–H and O–H groups in total. The predicted molar refractivity (Wildman–Crippen MR) is 141 cm³/mol. The first-order valence-corrected chi connectivity index (χ1v) is 11.7. The average molecular weight is 490 g/mol. The van der Waals surface area contributed by atoms with Crippen molar-refractivity contribution in [2.24, 2.45) is 0 Å². The number of aliphatic hydroxyl groups is 1. The Morgan fingerprint density at radius 1 is 0.944 bits per heavy atom. The van der Waals surface area contributed by atoms with E-state index in [1.54, 1.807) is 54.6 Å². The average Bonchev–Trinajstić information content (AvgIpc) is 2.89. The summed E-state index contributed by atoms with van der Waals surface area (Å²) in [4.78, 5) is 24.7. The lowest BCUT2D eigenvalue weighted by molar-refractivity contribution is -0.111. The van der Waals surface area contributed by atoms with Crippen molar-refractivity contribution >= 4 is 29.1 Å². The Kier molecular flexibility index (Phi) is 10.4. The van der Waals surface area contributed by atoms with E-state index in [1.807, 2.05) is 30.3 Å². The number of hydrogen-bond donors (Lipinski definition) is 4. The minimum atomic E-state index is -0.554. The van der Waals surface area contributed by atoms with Crippen molar-refractivity contribution in [2.45, 2.75) is 25.4 Å². The molecule has 0 aromatic heterocycles. The first-order chi connectivity index (χ1) is 17.5. The number of nitrogens with two attached hydrogens (primary N) is 1. The van der Waals surface area contributed by atoms with Gasteiger partial charge in [-0.05, 0) is 67.3 Å². The minimum absolute atomic E-state index is 0.0720. The van der Waals surface area contributed by atoms with E-state index in [-0.39, 0.29) is 19.1 Å². The van der Waals surface area contributed by atoms with Crippen molar-refractivity contribution in [3.8, 4) is 5.75 Å². The zero-order valence-electron chi connectivity index (χ0n) is 19.9. The number of carbonyl (C=O) groups is 2. The number of hydrogen-bond acceptors (Lipinski definition) is 6. The molecule has 0 aliphatic heterocycles. The van der Waals surface area contributed by atoms with E-state index >= 15 is 0 Å². The molecule has 0 fully saturated rings. The third-order valence-electron chi connectivity index (χ3n) is 5.21. The van der Waals surface area contributed by atoms with Crippen LogP contribution in [0.3, 0.4) is 0 Å². The molecule has 0 aliphatic carbocycles. The number of nitrogens with one attached hydrogen (secondary N) is 2. The molecule has 8 nitrogen and oxygen atoms in total. The summed E-state index contributed by atoms with van der Waals surface area (Å²) >= 11 is 0. The van der Waals surface area contributed by atoms with Gasteiger partial charge in [0, 0.05) is 5.69 Å². The summed E-state index contributed by atoms with van der Waals surface area (Å²) in [7, 11) is 0. The third-order valence-corrected chi connectivity index (χ3v) is 5.21. The Bertz CT molecular complexity index is 1130. The van der Waals surface area contributed by atoms with E-state index in [2.05, 4.69) is 10.6 Å². The fourth-order valence-electron chi connectivity index (χ4n) is 3.43. The molecule has 0 saturated carbocycles. The van der Waals surface area contributed by atoms with Crippen molar-refractivity contribution in [3.63, 3.8) is 0 Å². The molecule has 0 unspecified atom stereocenters. The molecule has 2 amide bonds. The summed E-state index contributed by atoms with van der Waals surface area (Å²) in [5.74, 6) is 0.356. The Labute approximate surface area is 210 Å². The Morgan fingerprint density at radius 3 is 2.39 bits per heavy atom. The van der Waals surface area contributed by atoms with Crippen LogP contribution in [-0.4, -0.2) is 30.3 Å². The van der Waals surface area contributed by atoms with E-state index < -0.39 is 12.2 Å². The van der Waals surface area contributed by atoms with Crippen molar-refractivity contribution in [1.29, 1.82) is 0 Å². The highest BCUT2D eigenvalue weighted by atomic mass is 16.6. The lowest BCUT2D eigenvalue weighted by Gasteiger charge is -2.19. The number of para-hydroxylation sites is 3. The van der Waals surface area contributed by atoms with Crippen molar-refractivity contribution < 1.29 is 24.2 Å². The number of allylic oxidation sites excluding steroid dienone is 1. The molecule has 0 radical (unpaired) electrons. The molecule has 8 heteroatoms. The van der Waals surface area contributed by atoms with E-state index in [0.717, 1.165) is 5.56 Å². The monoisotopic (exact) mass is 489 g/mol. The summed E-state index contributed by atoms with van der Waals surface area (Å²) in [6.07, 6.45) is 4.06. The van der Waals surface area contributed by atoms with Gasteiger partial charge in [-0.1, -0.05) is 48.5 Å². The number of nitrogen functional groups attached to an aromatic ring is 1. The van der Waals surface area contributed by atoms with Gasteiger partial charge in [0.2, 0.25) is 5.91 Å². The Morgan fingerprint density at radius 2 is 1.67 bits per heavy atom. The van der Waals surface area contributed by atoms with Gasteiger partial charge in [0.1, 0.15) is 18.5 Å². The van der Waals surface area contributed by atoms with E-state index in [0.29, 0.717) is 42.1 Å². The molecular weight excluding hydrogens is 458 g/mol. The predicted octanol–water partition coefficient (Wildman–Crippen LogP) is 5.29. The Balaban J connectivity index is 1.56. The molecule has 0 saturated heterocycles. The molecule has 0 aliphatic rings. The summed E-state index contributed by atoms with van der Waals surface area (Å²) in [5, 5.41) is 14.4. The summed E-state index contributed by atoms with van der Waals surface area (Å²) in [6.45, 7) is 0.132. The molecule has 188 valence electrons. The molecule has 0 heterocycles. The van der Waals surface area contributed by atoms with Gasteiger partial charge < -0.3 is 25.6 Å². The summed E-state index contributed by atoms with van der Waals surface area (Å²) < 4.78 is 11.1. The number of anilines is 3. The van der Waals surface area contributed by atoms with Crippen molar-refractivity contribution in [3.05, 3.63) is 96.6 Å². The van der Waals surface area contributed by atoms with Crippen LogP contribution in [0.4, 0.5) is 21.9 Å². The van der Waals surface area contributed by atoms with Gasteiger partial charge in [-0.2, -0.15) is 0 Å². The second kappa shape index (κ2) is 14.2. The quantitative estimate of drug-likeness (QED) is 0.156. The van der Waals surface area contributed by atoms with Gasteiger partial charge in [-0.15, -0.1) is 0 Å². The largest absolute Gasteiger partial charge is 0.491 e. The zero-order chi connectivity index (χ0) is 25.6. The summed E-state index contributed by atoms with van der Waals surface area (Å²) in [6, 6.07) is 23.4. The maximum Gasteiger partial charge on any atom is 0.412 e. The SMILES string of the molecule is Nc1ccccc1NC(=O)/C=C/CCC[C@@H](OC(=O)Nc1ccccc1)c1ccc(OCCO)cc1. The van der Waals surface area contributed by atoms with Crippen LogP contribution in [0.5, 0.6) is 5.75 Å². The molecule has 36 heavy (non-hydrogen) atoms. The molecule has 0 spiro atoms. The van der Waals surface area contributed by atoms with Crippen LogP contribution in [0, 0.1) is 0 Å². The normalized spacial score (nSPS) is 11.6. The number of benzene rings is 3. The zero-order valence-corrected chi connectivity index (χ0v) is 19.9. The first-order valence-electron chi connectivity index (χ1n) is 11.7.